The van der Waals surface area contributed by atoms with Crippen LogP contribution in [0.25, 0.3) is 16.8 Å². The normalized spacial score (nSPS) is 16.6. The van der Waals surface area contributed by atoms with Crippen LogP contribution in [0.1, 0.15) is 37.5 Å². The van der Waals surface area contributed by atoms with Crippen LogP contribution in [0.3, 0.4) is 0 Å². The van der Waals surface area contributed by atoms with Gasteiger partial charge in [0.15, 0.2) is 11.6 Å². The maximum Gasteiger partial charge on any atom is 0.257 e. The molecule has 10 heteroatoms. The molecule has 8 nitrogen and oxygen atoms in total. The molecule has 5 aromatic rings. The van der Waals surface area contributed by atoms with Crippen molar-refractivity contribution in [2.24, 2.45) is 0 Å². The lowest BCUT2D eigenvalue weighted by Crippen LogP contribution is -2.53. The van der Waals surface area contributed by atoms with Gasteiger partial charge in [-0.15, -0.1) is 0 Å². The first-order valence-corrected chi connectivity index (χ1v) is 16.8. The number of piperazine rings is 1. The van der Waals surface area contributed by atoms with Crippen molar-refractivity contribution in [3.63, 3.8) is 0 Å². The molecule has 0 radical (unpaired) electrons. The zero-order valence-electron chi connectivity index (χ0n) is 28.1. The number of aromatic nitrogens is 1. The predicted octanol–water partition coefficient (Wildman–Crippen LogP) is 6.50. The van der Waals surface area contributed by atoms with E-state index in [-0.39, 0.29) is 34.4 Å². The van der Waals surface area contributed by atoms with E-state index in [9.17, 15) is 23.5 Å². The molecule has 0 bridgehead atoms. The molecule has 2 aliphatic rings. The first-order chi connectivity index (χ1) is 24.1. The lowest BCUT2D eigenvalue weighted by molar-refractivity contribution is 0.0536. The average molecular weight is 676 g/mol. The summed E-state index contributed by atoms with van der Waals surface area (Å²) in [6, 6.07) is 25.4. The number of carbonyl (C=O) groups is 2. The van der Waals surface area contributed by atoms with Crippen LogP contribution in [0.15, 0.2) is 97.2 Å². The van der Waals surface area contributed by atoms with E-state index < -0.39 is 17.5 Å². The zero-order valence-corrected chi connectivity index (χ0v) is 28.1. The molecule has 0 aliphatic carbocycles. The van der Waals surface area contributed by atoms with Gasteiger partial charge in [-0.1, -0.05) is 42.5 Å². The van der Waals surface area contributed by atoms with Gasteiger partial charge in [-0.05, 0) is 80.1 Å². The summed E-state index contributed by atoms with van der Waals surface area (Å²) >= 11 is 0. The maximum atomic E-state index is 15.0. The highest BCUT2D eigenvalue weighted by atomic mass is 19.2. The van der Waals surface area contributed by atoms with Crippen LogP contribution in [0.4, 0.5) is 14.5 Å². The number of para-hydroxylation sites is 1. The number of aryl methyl sites for hydroxylation is 1. The average Bonchev–Trinajstić information content (AvgIpc) is 3.52. The molecule has 2 N–H and O–H groups in total. The summed E-state index contributed by atoms with van der Waals surface area (Å²) in [7, 11) is 2.09. The van der Waals surface area contributed by atoms with E-state index in [4.69, 9.17) is 0 Å². The fraction of sp³-hybridized carbons (Fsp3) is 0.250. The minimum atomic E-state index is -1.16. The van der Waals surface area contributed by atoms with Crippen molar-refractivity contribution in [3.8, 4) is 22.6 Å². The third kappa shape index (κ3) is 6.77. The van der Waals surface area contributed by atoms with Crippen molar-refractivity contribution < 1.29 is 23.5 Å². The van der Waals surface area contributed by atoms with Gasteiger partial charge < -0.3 is 24.8 Å². The van der Waals surface area contributed by atoms with Crippen molar-refractivity contribution in [3.05, 3.63) is 137 Å². The van der Waals surface area contributed by atoms with Crippen LogP contribution < -0.4 is 5.32 Å². The van der Waals surface area contributed by atoms with E-state index in [1.54, 1.807) is 17.2 Å². The van der Waals surface area contributed by atoms with Crippen molar-refractivity contribution in [1.29, 1.82) is 0 Å². The number of nitrogens with zero attached hydrogens (tertiary/aromatic N) is 4. The summed E-state index contributed by atoms with van der Waals surface area (Å²) in [5.41, 5.74) is 4.73. The van der Waals surface area contributed by atoms with Gasteiger partial charge in [-0.2, -0.15) is 0 Å². The van der Waals surface area contributed by atoms with Crippen LogP contribution in [0.2, 0.25) is 0 Å². The van der Waals surface area contributed by atoms with E-state index in [2.05, 4.69) is 28.2 Å². The van der Waals surface area contributed by atoms with Crippen molar-refractivity contribution in [1.82, 2.24) is 19.3 Å². The Morgan fingerprint density at radius 3 is 2.30 bits per heavy atom. The van der Waals surface area contributed by atoms with Gasteiger partial charge in [0.05, 0.1) is 11.1 Å². The molecule has 0 unspecified atom stereocenters. The van der Waals surface area contributed by atoms with E-state index >= 15 is 0 Å². The molecular formula is C40H39F2N5O3. The standard InChI is InChI=1S/C40H39F2N5O3/c1-26-18-29(24-46(26)31-10-4-3-5-11-31)39(49)43-30-12-13-38(48)34(20-30)33-21-36(41)37(42)22-35(33)40(50)47-23-28-9-7-6-8-27(28)19-32(47)25-45-16-14-44(2)15-17-45/h3-13,18,20-22,24,32,48H,14-17,19,23,25H2,1-2H3,(H,43,49)/t32-/m0/s1. The number of phenols is 1. The summed E-state index contributed by atoms with van der Waals surface area (Å²) in [5.74, 6) is -3.40. The minimum absolute atomic E-state index is 0.0331. The molecule has 1 saturated heterocycles. The van der Waals surface area contributed by atoms with Crippen LogP contribution in [0, 0.1) is 18.6 Å². The SMILES string of the molecule is Cc1cc(C(=O)Nc2ccc(O)c(-c3cc(F)c(F)cc3C(=O)N3Cc4ccccc4C[C@H]3CN3CCN(C)CC3)c2)cn1-c1ccccc1. The Hall–Kier alpha value is -5.32. The van der Waals surface area contributed by atoms with Crippen LogP contribution in [-0.4, -0.2) is 82.0 Å². The number of nitrogens with one attached hydrogen (secondary N) is 1. The van der Waals surface area contributed by atoms with E-state index in [1.165, 1.54) is 18.2 Å². The number of hydrogen-bond donors (Lipinski definition) is 2. The third-order valence-electron chi connectivity index (χ3n) is 9.83. The molecule has 1 aromatic heterocycles. The van der Waals surface area contributed by atoms with Crippen LogP contribution >= 0.6 is 0 Å². The summed E-state index contributed by atoms with van der Waals surface area (Å²) < 4.78 is 31.8. The molecular weight excluding hydrogens is 636 g/mol. The van der Waals surface area contributed by atoms with Gasteiger partial charge >= 0.3 is 0 Å². The Morgan fingerprint density at radius 1 is 0.840 bits per heavy atom. The molecule has 7 rings (SSSR count). The molecule has 50 heavy (non-hydrogen) atoms. The number of hydrogen-bond acceptors (Lipinski definition) is 5. The van der Waals surface area contributed by atoms with E-state index in [0.29, 0.717) is 30.8 Å². The largest absolute Gasteiger partial charge is 0.507 e. The summed E-state index contributed by atoms with van der Waals surface area (Å²) in [5, 5.41) is 13.9. The first-order valence-electron chi connectivity index (χ1n) is 16.8. The molecule has 1 atom stereocenters. The lowest BCUT2D eigenvalue weighted by Gasteiger charge is -2.41. The Bertz CT molecular complexity index is 2060. The number of phenolic OH excluding ortho intramolecular Hbond substituents is 1. The van der Waals surface area contributed by atoms with E-state index in [1.807, 2.05) is 60.0 Å². The second-order valence-electron chi connectivity index (χ2n) is 13.2. The van der Waals surface area contributed by atoms with Gasteiger partial charge in [0.1, 0.15) is 5.75 Å². The highest BCUT2D eigenvalue weighted by Gasteiger charge is 2.34. The van der Waals surface area contributed by atoms with Crippen molar-refractivity contribution in [2.75, 3.05) is 45.1 Å². The molecule has 1 fully saturated rings. The molecule has 2 amide bonds. The number of likely N-dealkylation sites (N-methyl/N-ethyl adjacent to an activating group) is 1. The summed E-state index contributed by atoms with van der Waals surface area (Å²) in [4.78, 5) is 34.3. The fourth-order valence-electron chi connectivity index (χ4n) is 7.01. The van der Waals surface area contributed by atoms with Gasteiger partial charge in [0.25, 0.3) is 11.8 Å². The number of anilines is 1. The van der Waals surface area contributed by atoms with Gasteiger partial charge in [0.2, 0.25) is 0 Å². The highest BCUT2D eigenvalue weighted by Crippen LogP contribution is 2.37. The van der Waals surface area contributed by atoms with Crippen molar-refractivity contribution in [2.45, 2.75) is 25.9 Å². The monoisotopic (exact) mass is 675 g/mol. The number of benzene rings is 4. The van der Waals surface area contributed by atoms with E-state index in [0.717, 1.165) is 60.8 Å². The quantitative estimate of drug-likeness (QED) is 0.193. The van der Waals surface area contributed by atoms with Crippen LogP contribution in [0.5, 0.6) is 5.75 Å². The Morgan fingerprint density at radius 2 is 1.54 bits per heavy atom. The van der Waals surface area contributed by atoms with Gasteiger partial charge in [0, 0.05) is 79.7 Å². The van der Waals surface area contributed by atoms with Crippen molar-refractivity contribution >= 4 is 17.5 Å². The molecule has 256 valence electrons. The third-order valence-corrected chi connectivity index (χ3v) is 9.83. The molecule has 0 spiro atoms. The summed E-state index contributed by atoms with van der Waals surface area (Å²) in [6.45, 7) is 6.46. The fourth-order valence-corrected chi connectivity index (χ4v) is 7.01. The maximum absolute atomic E-state index is 15.0. The highest BCUT2D eigenvalue weighted by molar-refractivity contribution is 6.06. The Kier molecular flexibility index (Phi) is 9.22. The molecule has 2 aliphatic heterocycles. The zero-order chi connectivity index (χ0) is 34.9. The van der Waals surface area contributed by atoms with Crippen LogP contribution in [-0.2, 0) is 13.0 Å². The molecule has 4 aromatic carbocycles. The number of halogens is 2. The predicted molar refractivity (Wildman–Crippen MR) is 190 cm³/mol. The first kappa shape index (κ1) is 33.2. The number of aromatic hydroxyl groups is 1. The Balaban J connectivity index is 1.20. The lowest BCUT2D eigenvalue weighted by atomic mass is 9.91. The number of fused-ring (bicyclic) bond motifs is 1. The second-order valence-corrected chi connectivity index (χ2v) is 13.2. The van der Waals surface area contributed by atoms with Gasteiger partial charge in [-0.25, -0.2) is 8.78 Å². The Labute approximate surface area is 290 Å². The molecule has 0 saturated carbocycles. The number of amides is 2. The number of carbonyl (C=O) groups excluding carboxylic acids is 2. The smallest absolute Gasteiger partial charge is 0.257 e. The van der Waals surface area contributed by atoms with Gasteiger partial charge in [-0.3, -0.25) is 14.5 Å². The molecule has 3 heterocycles. The summed E-state index contributed by atoms with van der Waals surface area (Å²) in [6.07, 6.45) is 2.37. The second kappa shape index (κ2) is 13.9. The number of rotatable bonds is 7. The topological polar surface area (TPSA) is 81.0 Å². The minimum Gasteiger partial charge on any atom is -0.507 e.